The highest BCUT2D eigenvalue weighted by atomic mass is 35.5. The van der Waals surface area contributed by atoms with Crippen LogP contribution in [-0.4, -0.2) is 20.7 Å². The molecule has 2 heterocycles. The van der Waals surface area contributed by atoms with Gasteiger partial charge in [0.15, 0.2) is 0 Å². The summed E-state index contributed by atoms with van der Waals surface area (Å²) in [5, 5.41) is 11.2. The predicted octanol–water partition coefficient (Wildman–Crippen LogP) is 6.01. The zero-order valence-electron chi connectivity index (χ0n) is 17.6. The van der Waals surface area contributed by atoms with Crippen molar-refractivity contribution in [2.75, 3.05) is 5.32 Å². The molecule has 0 spiro atoms. The van der Waals surface area contributed by atoms with Crippen LogP contribution in [0.2, 0.25) is 5.02 Å². The average molecular weight is 451 g/mol. The summed E-state index contributed by atoms with van der Waals surface area (Å²) in [7, 11) is 0. The van der Waals surface area contributed by atoms with Gasteiger partial charge >= 0.3 is 0 Å². The molecule has 0 aliphatic carbocycles. The predicted molar refractivity (Wildman–Crippen MR) is 127 cm³/mol. The number of nitrogens with zero attached hydrogens (tertiary/aromatic N) is 3. The molecule has 0 aliphatic heterocycles. The molecule has 1 N–H and O–H groups in total. The van der Waals surface area contributed by atoms with Crippen molar-refractivity contribution in [3.63, 3.8) is 0 Å². The van der Waals surface area contributed by atoms with E-state index in [1.165, 1.54) is 11.3 Å². The van der Waals surface area contributed by atoms with Gasteiger partial charge in [-0.2, -0.15) is 5.10 Å². The molecule has 4 aromatic rings. The van der Waals surface area contributed by atoms with Crippen LogP contribution < -0.4 is 5.32 Å². The van der Waals surface area contributed by atoms with E-state index in [-0.39, 0.29) is 12.3 Å². The molecule has 0 aliphatic rings. The number of amides is 1. The third kappa shape index (κ3) is 4.55. The van der Waals surface area contributed by atoms with Gasteiger partial charge in [-0.05, 0) is 44.0 Å². The number of thiazole rings is 1. The Morgan fingerprint density at radius 3 is 2.61 bits per heavy atom. The summed E-state index contributed by atoms with van der Waals surface area (Å²) in [6.45, 7) is 5.99. The normalized spacial score (nSPS) is 11.0. The number of anilines is 1. The maximum Gasteiger partial charge on any atom is 0.228 e. The molecule has 158 valence electrons. The van der Waals surface area contributed by atoms with Crippen molar-refractivity contribution in [2.45, 2.75) is 33.6 Å². The third-order valence-electron chi connectivity index (χ3n) is 5.26. The summed E-state index contributed by atoms with van der Waals surface area (Å²) >= 11 is 7.51. The molecule has 0 bridgehead atoms. The molecule has 2 aromatic heterocycles. The van der Waals surface area contributed by atoms with Gasteiger partial charge < -0.3 is 5.32 Å². The number of para-hydroxylation sites is 1. The number of aromatic nitrogens is 3. The Bertz CT molecular complexity index is 1230. The highest BCUT2D eigenvalue weighted by Gasteiger charge is 2.18. The highest BCUT2D eigenvalue weighted by Crippen LogP contribution is 2.27. The van der Waals surface area contributed by atoms with E-state index in [1.807, 2.05) is 72.4 Å². The van der Waals surface area contributed by atoms with Crippen molar-refractivity contribution in [1.29, 1.82) is 0 Å². The van der Waals surface area contributed by atoms with Crippen LogP contribution >= 0.6 is 22.9 Å². The molecule has 0 saturated heterocycles. The molecular formula is C24H23ClN4OS. The molecule has 5 nitrogen and oxygen atoms in total. The minimum absolute atomic E-state index is 0.0485. The summed E-state index contributed by atoms with van der Waals surface area (Å²) in [6.07, 6.45) is 1.14. The Balaban J connectivity index is 1.55. The fraction of sp³-hybridized carbons (Fsp3) is 0.208. The van der Waals surface area contributed by atoms with E-state index >= 15 is 0 Å². The van der Waals surface area contributed by atoms with Gasteiger partial charge in [-0.25, -0.2) is 9.67 Å². The Labute approximate surface area is 190 Å². The quantitative estimate of drug-likeness (QED) is 0.391. The van der Waals surface area contributed by atoms with Crippen molar-refractivity contribution in [3.8, 4) is 16.4 Å². The minimum Gasteiger partial charge on any atom is -0.326 e. The topological polar surface area (TPSA) is 59.8 Å². The van der Waals surface area contributed by atoms with Gasteiger partial charge in [0.2, 0.25) is 11.0 Å². The van der Waals surface area contributed by atoms with Crippen LogP contribution in [0.15, 0.2) is 53.9 Å². The number of carbonyl (C=O) groups is 1. The summed E-state index contributed by atoms with van der Waals surface area (Å²) in [6, 6.07) is 15.5. The Hall–Kier alpha value is -2.96. The van der Waals surface area contributed by atoms with E-state index in [9.17, 15) is 4.79 Å². The minimum atomic E-state index is -0.0485. The summed E-state index contributed by atoms with van der Waals surface area (Å²) in [5.74, 6) is -0.0485. The number of rotatable bonds is 6. The number of benzene rings is 2. The van der Waals surface area contributed by atoms with Crippen molar-refractivity contribution in [1.82, 2.24) is 14.8 Å². The lowest BCUT2D eigenvalue weighted by atomic mass is 10.1. The smallest absolute Gasteiger partial charge is 0.228 e. The van der Waals surface area contributed by atoms with E-state index in [1.54, 1.807) is 0 Å². The molecule has 1 amide bonds. The first-order chi connectivity index (χ1) is 15.0. The van der Waals surface area contributed by atoms with E-state index < -0.39 is 0 Å². The van der Waals surface area contributed by atoms with Crippen molar-refractivity contribution in [3.05, 3.63) is 81.4 Å². The monoisotopic (exact) mass is 450 g/mol. The highest BCUT2D eigenvalue weighted by molar-refractivity contribution is 7.12. The van der Waals surface area contributed by atoms with Crippen LogP contribution in [0, 0.1) is 13.8 Å². The Morgan fingerprint density at radius 2 is 1.87 bits per heavy atom. The second kappa shape index (κ2) is 9.04. The number of carbonyl (C=O) groups excluding carboxylic acids is 1. The van der Waals surface area contributed by atoms with E-state index in [4.69, 9.17) is 16.6 Å². The van der Waals surface area contributed by atoms with Crippen LogP contribution in [0.4, 0.5) is 5.69 Å². The molecule has 0 atom stereocenters. The maximum absolute atomic E-state index is 12.7. The molecule has 31 heavy (non-hydrogen) atoms. The van der Waals surface area contributed by atoms with Crippen LogP contribution in [0.5, 0.6) is 0 Å². The van der Waals surface area contributed by atoms with Gasteiger partial charge in [-0.15, -0.1) is 11.3 Å². The zero-order valence-corrected chi connectivity index (χ0v) is 19.2. The molecule has 7 heteroatoms. The average Bonchev–Trinajstić information content (AvgIpc) is 3.35. The number of nitrogens with one attached hydrogen (secondary N) is 1. The second-order valence-corrected chi connectivity index (χ2v) is 8.59. The maximum atomic E-state index is 12.7. The first-order valence-corrected chi connectivity index (χ1v) is 11.4. The molecule has 2 aromatic carbocycles. The summed E-state index contributed by atoms with van der Waals surface area (Å²) < 4.78 is 1.82. The van der Waals surface area contributed by atoms with Crippen molar-refractivity contribution < 1.29 is 4.79 Å². The first-order valence-electron chi connectivity index (χ1n) is 10.1. The van der Waals surface area contributed by atoms with Crippen LogP contribution in [-0.2, 0) is 17.6 Å². The molecule has 0 radical (unpaired) electrons. The largest absolute Gasteiger partial charge is 0.326 e. The Morgan fingerprint density at radius 1 is 1.13 bits per heavy atom. The standard InChI is InChI=1S/C24H23ClN4OS/c1-4-17-7-5-6-8-21(17)26-23(30)13-20-15(2)28-29(16(20)3)24-27-22(14-31-24)18-9-11-19(25)12-10-18/h5-12,14H,4,13H2,1-3H3,(H,26,30). The van der Waals surface area contributed by atoms with Gasteiger partial charge in [0.25, 0.3) is 0 Å². The molecular weight excluding hydrogens is 428 g/mol. The molecule has 0 fully saturated rings. The van der Waals surface area contributed by atoms with E-state index in [0.717, 1.165) is 51.0 Å². The van der Waals surface area contributed by atoms with E-state index in [0.29, 0.717) is 5.02 Å². The van der Waals surface area contributed by atoms with Crippen LogP contribution in [0.1, 0.15) is 29.4 Å². The van der Waals surface area contributed by atoms with E-state index in [2.05, 4.69) is 17.3 Å². The SMILES string of the molecule is CCc1ccccc1NC(=O)Cc1c(C)nn(-c2nc(-c3ccc(Cl)cc3)cs2)c1C. The number of hydrogen-bond acceptors (Lipinski definition) is 4. The van der Waals surface area contributed by atoms with Crippen LogP contribution in [0.25, 0.3) is 16.4 Å². The Kier molecular flexibility index (Phi) is 6.20. The van der Waals surface area contributed by atoms with Gasteiger partial charge in [0.05, 0.1) is 17.8 Å². The van der Waals surface area contributed by atoms with Gasteiger partial charge in [0.1, 0.15) is 0 Å². The summed E-state index contributed by atoms with van der Waals surface area (Å²) in [4.78, 5) is 17.5. The molecule has 4 rings (SSSR count). The number of halogens is 1. The summed E-state index contributed by atoms with van der Waals surface area (Å²) in [5.41, 5.74) is 6.55. The van der Waals surface area contributed by atoms with Crippen molar-refractivity contribution in [2.24, 2.45) is 0 Å². The third-order valence-corrected chi connectivity index (χ3v) is 6.33. The van der Waals surface area contributed by atoms with Crippen LogP contribution in [0.3, 0.4) is 0 Å². The van der Waals surface area contributed by atoms with Gasteiger partial charge in [-0.3, -0.25) is 4.79 Å². The number of hydrogen-bond donors (Lipinski definition) is 1. The lowest BCUT2D eigenvalue weighted by molar-refractivity contribution is -0.115. The van der Waals surface area contributed by atoms with Gasteiger partial charge in [-0.1, -0.05) is 48.9 Å². The fourth-order valence-electron chi connectivity index (χ4n) is 3.54. The first kappa shape index (κ1) is 21.3. The molecule has 0 saturated carbocycles. The second-order valence-electron chi connectivity index (χ2n) is 7.32. The lowest BCUT2D eigenvalue weighted by Crippen LogP contribution is -2.16. The van der Waals surface area contributed by atoms with Crippen molar-refractivity contribution >= 4 is 34.5 Å². The zero-order chi connectivity index (χ0) is 22.0. The van der Waals surface area contributed by atoms with Gasteiger partial charge in [0, 0.05) is 32.9 Å². The fourth-order valence-corrected chi connectivity index (χ4v) is 4.50. The number of aryl methyl sites for hydroxylation is 2. The molecule has 0 unspecified atom stereocenters. The lowest BCUT2D eigenvalue weighted by Gasteiger charge is -2.10.